The highest BCUT2D eigenvalue weighted by Crippen LogP contribution is 2.16. The van der Waals surface area contributed by atoms with Crippen molar-refractivity contribution in [2.45, 2.75) is 13.3 Å². The van der Waals surface area contributed by atoms with E-state index >= 15 is 0 Å². The molecule has 0 unspecified atom stereocenters. The highest BCUT2D eigenvalue weighted by Gasteiger charge is 2.08. The van der Waals surface area contributed by atoms with Crippen LogP contribution in [-0.4, -0.2) is 28.7 Å². The van der Waals surface area contributed by atoms with Gasteiger partial charge in [0.05, 0.1) is 29.9 Å². The van der Waals surface area contributed by atoms with Crippen LogP contribution in [0.2, 0.25) is 0 Å². The Labute approximate surface area is 136 Å². The largest absolute Gasteiger partial charge is 0.466 e. The number of non-ortho nitro benzene ring substituents is 1. The number of esters is 1. The van der Waals surface area contributed by atoms with E-state index in [0.29, 0.717) is 23.0 Å². The highest BCUT2D eigenvalue weighted by molar-refractivity contribution is 7.13. The lowest BCUT2D eigenvalue weighted by Crippen LogP contribution is -2.07. The molecule has 0 spiro atoms. The number of nitrogens with one attached hydrogen (secondary N) is 1. The Hall–Kier alpha value is -2.81. The number of nitro groups is 1. The minimum absolute atomic E-state index is 0.0265. The number of thiazole rings is 1. The van der Waals surface area contributed by atoms with E-state index in [1.807, 2.05) is 0 Å². The van der Waals surface area contributed by atoms with Crippen LogP contribution in [0.25, 0.3) is 0 Å². The summed E-state index contributed by atoms with van der Waals surface area (Å²) in [6.45, 7) is 2.09. The van der Waals surface area contributed by atoms with Crippen molar-refractivity contribution < 1.29 is 14.5 Å². The summed E-state index contributed by atoms with van der Waals surface area (Å²) in [5, 5.41) is 16.8. The fraction of sp³-hybridized carbons (Fsp3) is 0.214. The zero-order valence-electron chi connectivity index (χ0n) is 12.3. The van der Waals surface area contributed by atoms with E-state index in [-0.39, 0.29) is 18.1 Å². The topological polar surface area (TPSA) is 107 Å². The predicted molar refractivity (Wildman–Crippen MR) is 86.8 cm³/mol. The molecule has 0 aliphatic rings. The van der Waals surface area contributed by atoms with E-state index in [1.165, 1.54) is 29.7 Å². The van der Waals surface area contributed by atoms with Crippen molar-refractivity contribution in [3.63, 3.8) is 0 Å². The Bertz CT molecular complexity index is 712. The van der Waals surface area contributed by atoms with Crippen LogP contribution >= 0.6 is 11.3 Å². The molecule has 9 heteroatoms. The lowest BCUT2D eigenvalue weighted by molar-refractivity contribution is -0.384. The number of rotatable bonds is 7. The summed E-state index contributed by atoms with van der Waals surface area (Å²) in [4.78, 5) is 25.6. The van der Waals surface area contributed by atoms with Crippen LogP contribution in [0.5, 0.6) is 0 Å². The van der Waals surface area contributed by atoms with Crippen LogP contribution in [0.15, 0.2) is 34.7 Å². The molecule has 8 nitrogen and oxygen atoms in total. The van der Waals surface area contributed by atoms with Crippen LogP contribution in [0.3, 0.4) is 0 Å². The third-order valence-electron chi connectivity index (χ3n) is 2.66. The van der Waals surface area contributed by atoms with Gasteiger partial charge in [0.15, 0.2) is 0 Å². The molecule has 0 radical (unpaired) electrons. The minimum atomic E-state index is -0.459. The van der Waals surface area contributed by atoms with Gasteiger partial charge in [-0.2, -0.15) is 5.10 Å². The number of carbonyl (C=O) groups excluding carboxylic acids is 1. The lowest BCUT2D eigenvalue weighted by atomic mass is 10.2. The fourth-order valence-corrected chi connectivity index (χ4v) is 2.30. The molecule has 0 atom stereocenters. The number of hydrogen-bond acceptors (Lipinski definition) is 8. The minimum Gasteiger partial charge on any atom is -0.466 e. The quantitative estimate of drug-likeness (QED) is 0.361. The van der Waals surface area contributed by atoms with Crippen molar-refractivity contribution >= 4 is 34.3 Å². The first-order valence-corrected chi connectivity index (χ1v) is 7.60. The summed E-state index contributed by atoms with van der Waals surface area (Å²) in [5.41, 5.74) is 4.10. The third-order valence-corrected chi connectivity index (χ3v) is 3.46. The molecule has 0 aliphatic carbocycles. The van der Waals surface area contributed by atoms with E-state index in [0.717, 1.165) is 0 Å². The zero-order valence-corrected chi connectivity index (χ0v) is 13.1. The van der Waals surface area contributed by atoms with E-state index in [4.69, 9.17) is 4.74 Å². The van der Waals surface area contributed by atoms with Crippen LogP contribution in [0, 0.1) is 10.1 Å². The normalized spacial score (nSPS) is 10.7. The molecule has 0 saturated heterocycles. The van der Waals surface area contributed by atoms with Gasteiger partial charge in [-0.1, -0.05) is 0 Å². The molecule has 0 saturated carbocycles. The molecule has 120 valence electrons. The molecule has 0 aliphatic heterocycles. The number of nitrogens with zero attached hydrogens (tertiary/aromatic N) is 3. The highest BCUT2D eigenvalue weighted by atomic mass is 32.1. The van der Waals surface area contributed by atoms with Gasteiger partial charge in [0.25, 0.3) is 5.69 Å². The Morgan fingerprint density at radius 1 is 1.48 bits per heavy atom. The van der Waals surface area contributed by atoms with Crippen LogP contribution < -0.4 is 5.43 Å². The SMILES string of the molecule is CCOC(=O)Cc1csc(NN=Cc2ccc([N+](=O)[O-])cc2)n1. The van der Waals surface area contributed by atoms with Crippen molar-refractivity contribution in [2.75, 3.05) is 12.0 Å². The van der Waals surface area contributed by atoms with Crippen molar-refractivity contribution in [3.8, 4) is 0 Å². The molecule has 1 N–H and O–H groups in total. The van der Waals surface area contributed by atoms with Gasteiger partial charge >= 0.3 is 5.97 Å². The number of hydrazone groups is 1. The molecule has 2 rings (SSSR count). The van der Waals surface area contributed by atoms with Crippen LogP contribution in [0.1, 0.15) is 18.2 Å². The van der Waals surface area contributed by atoms with Crippen molar-refractivity contribution in [3.05, 3.63) is 51.0 Å². The third kappa shape index (κ3) is 5.15. The Kier molecular flexibility index (Phi) is 5.75. The smallest absolute Gasteiger partial charge is 0.311 e. The molecule has 0 bridgehead atoms. The number of ether oxygens (including phenoxy) is 1. The number of aromatic nitrogens is 1. The van der Waals surface area contributed by atoms with Gasteiger partial charge in [0.2, 0.25) is 5.13 Å². The summed E-state index contributed by atoms with van der Waals surface area (Å²) < 4.78 is 4.85. The molecule has 0 amide bonds. The molecule has 1 aromatic heterocycles. The van der Waals surface area contributed by atoms with Crippen molar-refractivity contribution in [1.29, 1.82) is 0 Å². The van der Waals surface area contributed by atoms with Gasteiger partial charge in [0.1, 0.15) is 0 Å². The summed E-state index contributed by atoms with van der Waals surface area (Å²) in [6, 6.07) is 6.00. The fourth-order valence-electron chi connectivity index (χ4n) is 1.64. The average Bonchev–Trinajstić information content (AvgIpc) is 2.95. The predicted octanol–water partition coefficient (Wildman–Crippen LogP) is 2.60. The Balaban J connectivity index is 1.89. The second-order valence-corrected chi connectivity index (χ2v) is 5.20. The van der Waals surface area contributed by atoms with E-state index < -0.39 is 4.92 Å². The number of nitro benzene ring substituents is 1. The van der Waals surface area contributed by atoms with E-state index in [1.54, 1.807) is 24.4 Å². The van der Waals surface area contributed by atoms with Crippen LogP contribution in [-0.2, 0) is 16.0 Å². The van der Waals surface area contributed by atoms with Gasteiger partial charge in [0, 0.05) is 17.5 Å². The van der Waals surface area contributed by atoms with Gasteiger partial charge in [-0.25, -0.2) is 4.98 Å². The van der Waals surface area contributed by atoms with Crippen molar-refractivity contribution in [1.82, 2.24) is 4.98 Å². The second kappa shape index (κ2) is 7.99. The zero-order chi connectivity index (χ0) is 16.7. The van der Waals surface area contributed by atoms with E-state index in [2.05, 4.69) is 15.5 Å². The number of carbonyl (C=O) groups is 1. The Morgan fingerprint density at radius 2 is 2.22 bits per heavy atom. The van der Waals surface area contributed by atoms with Gasteiger partial charge in [-0.05, 0) is 24.6 Å². The van der Waals surface area contributed by atoms with Crippen LogP contribution in [0.4, 0.5) is 10.8 Å². The first-order valence-electron chi connectivity index (χ1n) is 6.72. The number of anilines is 1. The monoisotopic (exact) mass is 334 g/mol. The van der Waals surface area contributed by atoms with Gasteiger partial charge in [-0.3, -0.25) is 20.3 Å². The maximum absolute atomic E-state index is 11.3. The summed E-state index contributed by atoms with van der Waals surface area (Å²) in [5.74, 6) is -0.321. The molecule has 2 aromatic rings. The van der Waals surface area contributed by atoms with Gasteiger partial charge in [-0.15, -0.1) is 11.3 Å². The van der Waals surface area contributed by atoms with E-state index in [9.17, 15) is 14.9 Å². The molecule has 1 heterocycles. The summed E-state index contributed by atoms with van der Waals surface area (Å²) in [6.07, 6.45) is 1.65. The number of benzene rings is 1. The maximum atomic E-state index is 11.3. The molecule has 1 aromatic carbocycles. The second-order valence-electron chi connectivity index (χ2n) is 4.34. The molecular weight excluding hydrogens is 320 g/mol. The Morgan fingerprint density at radius 3 is 2.87 bits per heavy atom. The first-order chi connectivity index (χ1) is 11.1. The maximum Gasteiger partial charge on any atom is 0.311 e. The van der Waals surface area contributed by atoms with Gasteiger partial charge < -0.3 is 4.74 Å². The standard InChI is InChI=1S/C14H14N4O4S/c1-2-22-13(19)7-11-9-23-14(16-11)17-15-8-10-3-5-12(6-4-10)18(20)21/h3-6,8-9H,2,7H2,1H3,(H,16,17). The molecular formula is C14H14N4O4S. The number of hydrogen-bond donors (Lipinski definition) is 1. The lowest BCUT2D eigenvalue weighted by Gasteiger charge is -1.98. The van der Waals surface area contributed by atoms with Crippen molar-refractivity contribution in [2.24, 2.45) is 5.10 Å². The summed E-state index contributed by atoms with van der Waals surface area (Å²) >= 11 is 1.32. The molecule has 0 fully saturated rings. The average molecular weight is 334 g/mol. The molecule has 23 heavy (non-hydrogen) atoms. The first kappa shape index (κ1) is 16.6. The summed E-state index contributed by atoms with van der Waals surface area (Å²) in [7, 11) is 0.